The van der Waals surface area contributed by atoms with Crippen LogP contribution >= 0.6 is 7.92 Å². The normalized spacial score (nSPS) is 9.74. The summed E-state index contributed by atoms with van der Waals surface area (Å²) in [6, 6.07) is 0. The molecule has 0 aromatic rings. The van der Waals surface area contributed by atoms with Crippen molar-refractivity contribution in [1.29, 1.82) is 0 Å². The van der Waals surface area contributed by atoms with E-state index in [0.29, 0.717) is 23.2 Å². The number of ether oxygens (including phenoxy) is 1. The van der Waals surface area contributed by atoms with E-state index in [1.807, 2.05) is 14.1 Å². The summed E-state index contributed by atoms with van der Waals surface area (Å²) in [6.45, 7) is 8.32. The van der Waals surface area contributed by atoms with Crippen molar-refractivity contribution in [2.45, 2.75) is 26.7 Å². The van der Waals surface area contributed by atoms with Crippen LogP contribution in [0.25, 0.3) is 0 Å². The van der Waals surface area contributed by atoms with Crippen molar-refractivity contribution in [2.24, 2.45) is 0 Å². The second kappa shape index (κ2) is 12.2. The zero-order valence-electron chi connectivity index (χ0n) is 12.3. The zero-order valence-corrected chi connectivity index (χ0v) is 13.2. The van der Waals surface area contributed by atoms with E-state index in [2.05, 4.69) is 19.3 Å². The van der Waals surface area contributed by atoms with Crippen molar-refractivity contribution in [3.05, 3.63) is 12.2 Å². The van der Waals surface area contributed by atoms with Gasteiger partial charge in [-0.2, -0.15) is 0 Å². The fraction of sp³-hybridized carbons (Fsp3) is 0.692. The number of aliphatic hydroxyl groups excluding tert-OH is 1. The van der Waals surface area contributed by atoms with Gasteiger partial charge in [-0.25, -0.2) is 4.79 Å². The van der Waals surface area contributed by atoms with Crippen LogP contribution in [0.1, 0.15) is 26.7 Å². The van der Waals surface area contributed by atoms with Crippen LogP contribution in [0.4, 0.5) is 0 Å². The van der Waals surface area contributed by atoms with Crippen molar-refractivity contribution in [1.82, 2.24) is 0 Å². The molecule has 0 aromatic heterocycles. The maximum absolute atomic E-state index is 10.7. The van der Waals surface area contributed by atoms with Crippen molar-refractivity contribution >= 4 is 13.9 Å². The van der Waals surface area contributed by atoms with Gasteiger partial charge in [-0.3, -0.25) is 0 Å². The summed E-state index contributed by atoms with van der Waals surface area (Å²) in [7, 11) is 3.54. The zero-order chi connectivity index (χ0) is 15.3. The molecule has 0 fully saturated rings. The van der Waals surface area contributed by atoms with Crippen molar-refractivity contribution < 1.29 is 23.7 Å². The van der Waals surface area contributed by atoms with Crippen LogP contribution in [0, 0.1) is 5.75 Å². The molecule has 0 atom stereocenters. The maximum atomic E-state index is 10.7. The van der Waals surface area contributed by atoms with Crippen LogP contribution in [-0.4, -0.2) is 49.4 Å². The van der Waals surface area contributed by atoms with E-state index in [4.69, 9.17) is 9.84 Å². The number of rotatable bonds is 6. The minimum atomic E-state index is -0.284. The number of aliphatic hydroxyl groups is 1. The summed E-state index contributed by atoms with van der Waals surface area (Å²) < 4.78 is 15.2. The Labute approximate surface area is 117 Å². The SMILES string of the molecule is C=C(C)C(=O)OCCCC.C[N+](C)(C#P=O)CCO. The quantitative estimate of drug-likeness (QED) is 0.268. The molecule has 0 radical (unpaired) electrons. The van der Waals surface area contributed by atoms with E-state index in [-0.39, 0.29) is 20.5 Å². The fourth-order valence-corrected chi connectivity index (χ4v) is 1.16. The first-order chi connectivity index (χ1) is 8.80. The van der Waals surface area contributed by atoms with Gasteiger partial charge in [-0.15, -0.1) is 0 Å². The fourth-order valence-electron chi connectivity index (χ4n) is 0.843. The molecule has 0 heterocycles. The number of quaternary nitrogens is 1. The number of carbonyl (C=O) groups excluding carboxylic acids is 1. The Bertz CT molecular complexity index is 373. The molecule has 0 aliphatic rings. The third-order valence-electron chi connectivity index (χ3n) is 2.05. The van der Waals surface area contributed by atoms with Gasteiger partial charge >= 0.3 is 61.0 Å². The Hall–Kier alpha value is -0.860. The predicted molar refractivity (Wildman–Crippen MR) is 76.2 cm³/mol. The summed E-state index contributed by atoms with van der Waals surface area (Å²) in [6.07, 6.45) is 1.97. The molecular weight excluding hydrogens is 265 g/mol. The second-order valence-corrected chi connectivity index (χ2v) is 4.98. The van der Waals surface area contributed by atoms with E-state index < -0.39 is 0 Å². The average Bonchev–Trinajstić information content (AvgIpc) is 2.29. The molecule has 6 heteroatoms. The molecule has 0 rings (SSSR count). The van der Waals surface area contributed by atoms with Gasteiger partial charge in [0.05, 0.1) is 6.61 Å². The van der Waals surface area contributed by atoms with E-state index in [1.54, 1.807) is 6.92 Å². The van der Waals surface area contributed by atoms with Gasteiger partial charge in [-0.1, -0.05) is 19.9 Å². The third-order valence-corrected chi connectivity index (χ3v) is 2.67. The molecule has 0 bridgehead atoms. The second-order valence-electron chi connectivity index (χ2n) is 4.59. The number of likely N-dealkylation sites (N-methyl/N-ethyl adjacent to an activating group) is 1. The van der Waals surface area contributed by atoms with Gasteiger partial charge in [0, 0.05) is 5.57 Å². The molecule has 19 heavy (non-hydrogen) atoms. The molecule has 0 aliphatic heterocycles. The first-order valence-electron chi connectivity index (χ1n) is 6.16. The summed E-state index contributed by atoms with van der Waals surface area (Å²) in [5.74, 6) is 2.33. The van der Waals surface area contributed by atoms with Crippen LogP contribution < -0.4 is 0 Å². The first kappa shape index (κ1) is 20.5. The molecule has 0 saturated heterocycles. The monoisotopic (exact) mass is 290 g/mol. The topological polar surface area (TPSA) is 63.6 Å². The number of hydrogen-bond donors (Lipinski definition) is 1. The molecule has 0 spiro atoms. The number of unbranched alkanes of at least 4 members (excludes halogenated alkanes) is 1. The summed E-state index contributed by atoms with van der Waals surface area (Å²) in [4.78, 5) is 10.7. The molecule has 110 valence electrons. The standard InChI is InChI=1S/C8H14O2.C5H11NO2P/c1-4-5-6-10-8(9)7(2)3;1-6(2,3-4-7)5-9-8/h2,4-6H2,1,3H3;7H,3-4H2,1-2H3/q;+1. The molecule has 1 N–H and O–H groups in total. The van der Waals surface area contributed by atoms with E-state index in [0.717, 1.165) is 12.8 Å². The minimum absolute atomic E-state index is 0.0928. The van der Waals surface area contributed by atoms with Crippen molar-refractivity contribution in [3.63, 3.8) is 0 Å². The van der Waals surface area contributed by atoms with Gasteiger partial charge in [0.25, 0.3) is 0 Å². The van der Waals surface area contributed by atoms with Gasteiger partial charge in [0.15, 0.2) is 0 Å². The molecular formula is C13H25NO4P+. The Morgan fingerprint density at radius 3 is 2.42 bits per heavy atom. The van der Waals surface area contributed by atoms with Crippen LogP contribution in [0.5, 0.6) is 0 Å². The molecule has 0 aliphatic carbocycles. The molecule has 0 saturated carbocycles. The predicted octanol–water partition coefficient (Wildman–Crippen LogP) is 2.17. The summed E-state index contributed by atoms with van der Waals surface area (Å²) in [5, 5.41) is 8.47. The average molecular weight is 290 g/mol. The van der Waals surface area contributed by atoms with Gasteiger partial charge in [-0.05, 0) is 13.3 Å². The Morgan fingerprint density at radius 2 is 2.05 bits per heavy atom. The summed E-state index contributed by atoms with van der Waals surface area (Å²) >= 11 is 0. The number of carbonyl (C=O) groups is 1. The van der Waals surface area contributed by atoms with E-state index in [1.165, 1.54) is 0 Å². The molecule has 0 unspecified atom stereocenters. The molecule has 5 nitrogen and oxygen atoms in total. The van der Waals surface area contributed by atoms with Gasteiger partial charge < -0.3 is 4.74 Å². The van der Waals surface area contributed by atoms with Gasteiger partial charge in [0.1, 0.15) is 0 Å². The van der Waals surface area contributed by atoms with Gasteiger partial charge in [0.2, 0.25) is 0 Å². The molecule has 0 aromatic carbocycles. The Kier molecular flexibility index (Phi) is 13.1. The molecule has 0 amide bonds. The van der Waals surface area contributed by atoms with Crippen LogP contribution in [0.2, 0.25) is 0 Å². The van der Waals surface area contributed by atoms with E-state index in [9.17, 15) is 9.36 Å². The van der Waals surface area contributed by atoms with Crippen molar-refractivity contribution in [3.8, 4) is 5.75 Å². The van der Waals surface area contributed by atoms with Crippen molar-refractivity contribution in [2.75, 3.05) is 33.9 Å². The first-order valence-corrected chi connectivity index (χ1v) is 6.98. The Balaban J connectivity index is 0. The number of nitrogens with zero attached hydrogens (tertiary/aromatic N) is 1. The van der Waals surface area contributed by atoms with Crippen LogP contribution in [0.15, 0.2) is 12.2 Å². The van der Waals surface area contributed by atoms with Crippen LogP contribution in [0.3, 0.4) is 0 Å². The van der Waals surface area contributed by atoms with E-state index >= 15 is 0 Å². The van der Waals surface area contributed by atoms with Crippen LogP contribution in [-0.2, 0) is 14.1 Å². The number of hydrogen-bond acceptors (Lipinski definition) is 4. The third kappa shape index (κ3) is 15.1. The number of esters is 1. The Morgan fingerprint density at radius 1 is 1.47 bits per heavy atom. The summed E-state index contributed by atoms with van der Waals surface area (Å²) in [5.41, 5.74) is 0.469.